The van der Waals surface area contributed by atoms with Gasteiger partial charge >= 0.3 is 0 Å². The van der Waals surface area contributed by atoms with Gasteiger partial charge in [0.2, 0.25) is 5.91 Å². The molecular weight excluding hydrogens is 372 g/mol. The maximum Gasteiger partial charge on any atom is 0.268 e. The Labute approximate surface area is 170 Å². The van der Waals surface area contributed by atoms with Gasteiger partial charge in [-0.1, -0.05) is 19.1 Å². The van der Waals surface area contributed by atoms with Crippen LogP contribution in [-0.4, -0.2) is 44.7 Å². The Hall–Kier alpha value is -3.22. The highest BCUT2D eigenvalue weighted by Gasteiger charge is 2.33. The standard InChI is InChI=1S/C22H26N2O5/c1-3-19-22(26)24(18-6-4-5-7-20(18)29-19)14-12-21(25)23-13-15-28-17-10-8-16(27-2)9-11-17/h4-11,19H,3,12-15H2,1-2H3,(H,23,25). The Morgan fingerprint density at radius 3 is 2.59 bits per heavy atom. The van der Waals surface area contributed by atoms with Crippen LogP contribution in [0.1, 0.15) is 19.8 Å². The van der Waals surface area contributed by atoms with Gasteiger partial charge in [0.25, 0.3) is 5.91 Å². The number of para-hydroxylation sites is 2. The molecule has 1 N–H and O–H groups in total. The molecule has 1 aliphatic heterocycles. The van der Waals surface area contributed by atoms with Crippen LogP contribution in [0.15, 0.2) is 48.5 Å². The van der Waals surface area contributed by atoms with Gasteiger partial charge in [0.05, 0.1) is 19.3 Å². The van der Waals surface area contributed by atoms with Crippen molar-refractivity contribution in [3.63, 3.8) is 0 Å². The number of benzene rings is 2. The lowest BCUT2D eigenvalue weighted by molar-refractivity contribution is -0.126. The Bertz CT molecular complexity index is 837. The molecule has 2 aromatic carbocycles. The molecule has 2 amide bonds. The van der Waals surface area contributed by atoms with Gasteiger partial charge in [-0.25, -0.2) is 0 Å². The summed E-state index contributed by atoms with van der Waals surface area (Å²) in [6.45, 7) is 2.95. The van der Waals surface area contributed by atoms with Gasteiger partial charge in [0, 0.05) is 13.0 Å². The first-order valence-corrected chi connectivity index (χ1v) is 9.73. The van der Waals surface area contributed by atoms with Gasteiger partial charge in [-0.15, -0.1) is 0 Å². The van der Waals surface area contributed by atoms with Crippen LogP contribution < -0.4 is 24.4 Å². The summed E-state index contributed by atoms with van der Waals surface area (Å²) in [6, 6.07) is 14.6. The monoisotopic (exact) mass is 398 g/mol. The first kappa shape index (κ1) is 20.5. The van der Waals surface area contributed by atoms with E-state index in [0.717, 1.165) is 5.75 Å². The lowest BCUT2D eigenvalue weighted by Gasteiger charge is -2.33. The second kappa shape index (κ2) is 9.82. The average molecular weight is 398 g/mol. The maximum absolute atomic E-state index is 12.6. The molecule has 0 spiro atoms. The van der Waals surface area contributed by atoms with Crippen LogP contribution in [0.5, 0.6) is 17.2 Å². The normalized spacial score (nSPS) is 15.3. The number of nitrogens with one attached hydrogen (secondary N) is 1. The van der Waals surface area contributed by atoms with Crippen molar-refractivity contribution in [1.82, 2.24) is 5.32 Å². The molecule has 0 saturated carbocycles. The Balaban J connectivity index is 1.45. The predicted molar refractivity (Wildman–Crippen MR) is 110 cm³/mol. The second-order valence-corrected chi connectivity index (χ2v) is 6.60. The van der Waals surface area contributed by atoms with E-state index < -0.39 is 6.10 Å². The molecule has 1 unspecified atom stereocenters. The molecule has 1 atom stereocenters. The van der Waals surface area contributed by atoms with Crippen molar-refractivity contribution in [2.24, 2.45) is 0 Å². The maximum atomic E-state index is 12.6. The van der Waals surface area contributed by atoms with E-state index in [0.29, 0.717) is 43.3 Å². The first-order chi connectivity index (χ1) is 14.1. The molecule has 0 aromatic heterocycles. The lowest BCUT2D eigenvalue weighted by atomic mass is 10.1. The smallest absolute Gasteiger partial charge is 0.268 e. The largest absolute Gasteiger partial charge is 0.497 e. The molecule has 3 rings (SSSR count). The molecule has 154 valence electrons. The number of rotatable bonds is 9. The zero-order chi connectivity index (χ0) is 20.6. The number of anilines is 1. The third kappa shape index (κ3) is 5.19. The fraction of sp³-hybridized carbons (Fsp3) is 0.364. The highest BCUT2D eigenvalue weighted by Crippen LogP contribution is 2.34. The fourth-order valence-electron chi connectivity index (χ4n) is 3.10. The van der Waals surface area contributed by atoms with Crippen molar-refractivity contribution in [2.45, 2.75) is 25.9 Å². The van der Waals surface area contributed by atoms with E-state index >= 15 is 0 Å². The summed E-state index contributed by atoms with van der Waals surface area (Å²) in [4.78, 5) is 26.5. The summed E-state index contributed by atoms with van der Waals surface area (Å²) >= 11 is 0. The van der Waals surface area contributed by atoms with Crippen molar-refractivity contribution in [3.05, 3.63) is 48.5 Å². The molecule has 2 aromatic rings. The summed E-state index contributed by atoms with van der Waals surface area (Å²) in [5, 5.41) is 2.82. The van der Waals surface area contributed by atoms with Crippen LogP contribution in [0, 0.1) is 0 Å². The third-order valence-corrected chi connectivity index (χ3v) is 4.65. The second-order valence-electron chi connectivity index (χ2n) is 6.60. The zero-order valence-electron chi connectivity index (χ0n) is 16.7. The number of hydrogen-bond acceptors (Lipinski definition) is 5. The van der Waals surface area contributed by atoms with E-state index in [1.807, 2.05) is 55.5 Å². The predicted octanol–water partition coefficient (Wildman–Crippen LogP) is 2.78. The van der Waals surface area contributed by atoms with Crippen molar-refractivity contribution < 1.29 is 23.8 Å². The molecule has 1 heterocycles. The van der Waals surface area contributed by atoms with Crippen molar-refractivity contribution >= 4 is 17.5 Å². The molecular formula is C22H26N2O5. The highest BCUT2D eigenvalue weighted by atomic mass is 16.5. The van der Waals surface area contributed by atoms with Crippen molar-refractivity contribution in [2.75, 3.05) is 31.7 Å². The lowest BCUT2D eigenvalue weighted by Crippen LogP contribution is -2.47. The van der Waals surface area contributed by atoms with E-state index in [2.05, 4.69) is 5.32 Å². The number of carbonyl (C=O) groups excluding carboxylic acids is 2. The van der Waals surface area contributed by atoms with E-state index in [1.54, 1.807) is 12.0 Å². The summed E-state index contributed by atoms with van der Waals surface area (Å²) in [5.74, 6) is 1.90. The molecule has 7 heteroatoms. The summed E-state index contributed by atoms with van der Waals surface area (Å²) in [6.07, 6.45) is 0.281. The van der Waals surface area contributed by atoms with Crippen LogP contribution in [0.3, 0.4) is 0 Å². The first-order valence-electron chi connectivity index (χ1n) is 9.73. The fourth-order valence-corrected chi connectivity index (χ4v) is 3.10. The number of nitrogens with zero attached hydrogens (tertiary/aromatic N) is 1. The molecule has 0 bridgehead atoms. The van der Waals surface area contributed by atoms with E-state index in [4.69, 9.17) is 14.2 Å². The molecule has 29 heavy (non-hydrogen) atoms. The number of fused-ring (bicyclic) bond motifs is 1. The number of amides is 2. The highest BCUT2D eigenvalue weighted by molar-refractivity contribution is 6.00. The molecule has 0 fully saturated rings. The van der Waals surface area contributed by atoms with Gasteiger partial charge in [0.15, 0.2) is 6.10 Å². The molecule has 1 aliphatic rings. The number of hydrogen-bond donors (Lipinski definition) is 1. The summed E-state index contributed by atoms with van der Waals surface area (Å²) in [5.41, 5.74) is 0.706. The van der Waals surface area contributed by atoms with Gasteiger partial charge in [-0.05, 0) is 42.8 Å². The topological polar surface area (TPSA) is 77.1 Å². The van der Waals surface area contributed by atoms with Crippen LogP contribution >= 0.6 is 0 Å². The van der Waals surface area contributed by atoms with Crippen molar-refractivity contribution in [3.8, 4) is 17.2 Å². The van der Waals surface area contributed by atoms with E-state index in [-0.39, 0.29) is 18.2 Å². The molecule has 0 saturated heterocycles. The van der Waals surface area contributed by atoms with Gasteiger partial charge in [0.1, 0.15) is 23.9 Å². The molecule has 7 nitrogen and oxygen atoms in total. The minimum absolute atomic E-state index is 0.109. The minimum Gasteiger partial charge on any atom is -0.497 e. The van der Waals surface area contributed by atoms with E-state index in [1.165, 1.54) is 0 Å². The number of carbonyl (C=O) groups is 2. The Morgan fingerprint density at radius 2 is 1.86 bits per heavy atom. The van der Waals surface area contributed by atoms with E-state index in [9.17, 15) is 9.59 Å². The molecule has 0 radical (unpaired) electrons. The third-order valence-electron chi connectivity index (χ3n) is 4.65. The number of ether oxygens (including phenoxy) is 3. The quantitative estimate of drug-likeness (QED) is 0.658. The number of methoxy groups -OCH3 is 1. The average Bonchev–Trinajstić information content (AvgIpc) is 2.76. The Kier molecular flexibility index (Phi) is 6.94. The van der Waals surface area contributed by atoms with Gasteiger partial charge in [-0.3, -0.25) is 9.59 Å². The molecule has 0 aliphatic carbocycles. The van der Waals surface area contributed by atoms with Crippen molar-refractivity contribution in [1.29, 1.82) is 0 Å². The summed E-state index contributed by atoms with van der Waals surface area (Å²) in [7, 11) is 1.61. The SMILES string of the molecule is CCC1Oc2ccccc2N(CCC(=O)NCCOc2ccc(OC)cc2)C1=O. The Morgan fingerprint density at radius 1 is 1.14 bits per heavy atom. The zero-order valence-corrected chi connectivity index (χ0v) is 16.7. The van der Waals surface area contributed by atoms with Crippen LogP contribution in [0.4, 0.5) is 5.69 Å². The van der Waals surface area contributed by atoms with Crippen LogP contribution in [-0.2, 0) is 9.59 Å². The van der Waals surface area contributed by atoms with Gasteiger partial charge in [-0.2, -0.15) is 0 Å². The van der Waals surface area contributed by atoms with Crippen LogP contribution in [0.25, 0.3) is 0 Å². The minimum atomic E-state index is -0.508. The summed E-state index contributed by atoms with van der Waals surface area (Å²) < 4.78 is 16.4. The van der Waals surface area contributed by atoms with Crippen LogP contribution in [0.2, 0.25) is 0 Å². The van der Waals surface area contributed by atoms with Gasteiger partial charge < -0.3 is 24.4 Å².